The lowest BCUT2D eigenvalue weighted by Gasteiger charge is -2.34. The summed E-state index contributed by atoms with van der Waals surface area (Å²) in [6, 6.07) is 3.90. The van der Waals surface area contributed by atoms with E-state index in [4.69, 9.17) is 9.47 Å². The number of aliphatic hydroxyl groups excluding tert-OH is 2. The van der Waals surface area contributed by atoms with E-state index in [9.17, 15) is 19.8 Å². The van der Waals surface area contributed by atoms with Crippen LogP contribution in [0.3, 0.4) is 0 Å². The zero-order valence-electron chi connectivity index (χ0n) is 22.8. The molecule has 36 heavy (non-hydrogen) atoms. The fraction of sp³-hybridized carbons (Fsp3) is 0.690. The van der Waals surface area contributed by atoms with E-state index in [1.54, 1.807) is 27.0 Å². The lowest BCUT2D eigenvalue weighted by molar-refractivity contribution is -0.154. The van der Waals surface area contributed by atoms with Crippen molar-refractivity contribution in [1.82, 2.24) is 4.98 Å². The number of nitrogens with zero attached hydrogens (tertiary/aromatic N) is 1. The number of aliphatic hydroxyl groups is 2. The third-order valence-electron chi connectivity index (χ3n) is 8.22. The Balaban J connectivity index is 1.86. The first kappa shape index (κ1) is 28.5. The molecule has 3 heterocycles. The van der Waals surface area contributed by atoms with Crippen LogP contribution in [0.2, 0.25) is 0 Å². The van der Waals surface area contributed by atoms with Crippen LogP contribution in [-0.4, -0.2) is 57.0 Å². The van der Waals surface area contributed by atoms with Crippen LogP contribution in [0.15, 0.2) is 23.9 Å². The molecule has 0 unspecified atom stereocenters. The van der Waals surface area contributed by atoms with Crippen molar-refractivity contribution in [3.63, 3.8) is 0 Å². The van der Waals surface area contributed by atoms with Gasteiger partial charge in [-0.05, 0) is 62.8 Å². The molecule has 2 saturated heterocycles. The molecule has 3 rings (SSSR count). The number of aryl methyl sites for hydroxylation is 1. The van der Waals surface area contributed by atoms with Gasteiger partial charge in [0.15, 0.2) is 0 Å². The van der Waals surface area contributed by atoms with E-state index in [1.807, 2.05) is 39.0 Å². The van der Waals surface area contributed by atoms with Gasteiger partial charge in [0.25, 0.3) is 0 Å². The fourth-order valence-corrected chi connectivity index (χ4v) is 5.19. The van der Waals surface area contributed by atoms with Crippen LogP contribution in [-0.2, 0) is 19.1 Å². The Morgan fingerprint density at radius 3 is 2.50 bits per heavy atom. The molecule has 0 saturated carbocycles. The topological polar surface area (TPSA) is 109 Å². The van der Waals surface area contributed by atoms with Crippen molar-refractivity contribution >= 4 is 17.8 Å². The first-order chi connectivity index (χ1) is 16.7. The Kier molecular flexibility index (Phi) is 8.79. The normalized spacial score (nSPS) is 36.6. The predicted octanol–water partition coefficient (Wildman–Crippen LogP) is 4.42. The molecule has 0 aliphatic carbocycles. The van der Waals surface area contributed by atoms with E-state index in [2.05, 4.69) is 11.9 Å². The molecule has 0 spiro atoms. The van der Waals surface area contributed by atoms with Gasteiger partial charge in [-0.2, -0.15) is 0 Å². The minimum atomic E-state index is -1.23. The van der Waals surface area contributed by atoms with Crippen molar-refractivity contribution in [3.8, 4) is 0 Å². The highest BCUT2D eigenvalue weighted by atomic mass is 16.6. The van der Waals surface area contributed by atoms with Gasteiger partial charge in [0.1, 0.15) is 11.9 Å². The summed E-state index contributed by atoms with van der Waals surface area (Å²) in [5.41, 5.74) is 1.16. The Morgan fingerprint density at radius 2 is 1.86 bits per heavy atom. The third-order valence-corrected chi connectivity index (χ3v) is 8.22. The van der Waals surface area contributed by atoms with Gasteiger partial charge in [-0.15, -0.1) is 0 Å². The maximum Gasteiger partial charge on any atom is 0.309 e. The second kappa shape index (κ2) is 11.1. The van der Waals surface area contributed by atoms with Gasteiger partial charge in [0, 0.05) is 18.5 Å². The van der Waals surface area contributed by atoms with E-state index in [1.165, 1.54) is 0 Å². The number of ether oxygens (including phenoxy) is 2. The number of Topliss-reactive ketones (excluding diaryl/α,β-unsaturated/α-hetero) is 1. The van der Waals surface area contributed by atoms with Crippen LogP contribution in [0, 0.1) is 24.2 Å². The molecule has 200 valence electrons. The Morgan fingerprint density at radius 1 is 1.17 bits per heavy atom. The fourth-order valence-electron chi connectivity index (χ4n) is 5.19. The highest BCUT2D eigenvalue weighted by Gasteiger charge is 2.53. The zero-order valence-corrected chi connectivity index (χ0v) is 22.8. The van der Waals surface area contributed by atoms with E-state index in [0.717, 1.165) is 36.1 Å². The molecule has 0 aromatic carbocycles. The molecule has 7 nitrogen and oxygen atoms in total. The van der Waals surface area contributed by atoms with Crippen molar-refractivity contribution in [2.45, 2.75) is 111 Å². The van der Waals surface area contributed by atoms with Crippen molar-refractivity contribution < 1.29 is 29.3 Å². The second-order valence-corrected chi connectivity index (χ2v) is 11.7. The molecule has 2 aliphatic heterocycles. The maximum atomic E-state index is 13.2. The number of carbonyl (C=O) groups is 2. The summed E-state index contributed by atoms with van der Waals surface area (Å²) >= 11 is 0. The van der Waals surface area contributed by atoms with Crippen LogP contribution in [0.1, 0.15) is 84.9 Å². The standard InChI is InChI=1S/C29H43NO6/c1-17-10-11-21(30-16-17)13-19(3)22-14-24-29(7,36-24)12-8-9-18(2)26(33)20(4)27(34)28(5,6)23(31)15-25(32)35-22/h10-11,13,16,18,20,22-24,26,31,33H,8-9,12,14-15H2,1-7H3/b19-13-/t18-,20+,22-,23-,24-,26-,29+/m0/s1. The summed E-state index contributed by atoms with van der Waals surface area (Å²) in [4.78, 5) is 30.6. The average molecular weight is 502 g/mol. The number of fused-ring (bicyclic) bond motifs is 1. The number of cyclic esters (lactones) is 1. The van der Waals surface area contributed by atoms with E-state index in [-0.39, 0.29) is 29.8 Å². The number of aromatic nitrogens is 1. The van der Waals surface area contributed by atoms with Gasteiger partial charge in [0.2, 0.25) is 0 Å². The summed E-state index contributed by atoms with van der Waals surface area (Å²) in [6.45, 7) is 12.9. The minimum absolute atomic E-state index is 0.0559. The number of carbonyl (C=O) groups excluding carboxylic acids is 2. The smallest absolute Gasteiger partial charge is 0.309 e. The molecule has 0 bridgehead atoms. The van der Waals surface area contributed by atoms with Gasteiger partial charge in [-0.3, -0.25) is 14.6 Å². The van der Waals surface area contributed by atoms with Gasteiger partial charge in [0.05, 0.1) is 41.4 Å². The summed E-state index contributed by atoms with van der Waals surface area (Å²) < 4.78 is 11.9. The number of hydrogen-bond donors (Lipinski definition) is 2. The van der Waals surface area contributed by atoms with Gasteiger partial charge in [-0.25, -0.2) is 0 Å². The summed E-state index contributed by atoms with van der Waals surface area (Å²) in [6.07, 6.45) is 3.69. The first-order valence-electron chi connectivity index (χ1n) is 13.1. The van der Waals surface area contributed by atoms with Crippen molar-refractivity contribution in [2.24, 2.45) is 17.3 Å². The zero-order chi connectivity index (χ0) is 26.8. The van der Waals surface area contributed by atoms with Crippen LogP contribution < -0.4 is 0 Å². The average Bonchev–Trinajstić information content (AvgIpc) is 3.46. The molecule has 2 fully saturated rings. The molecule has 1 aromatic rings. The molecule has 2 aliphatic rings. The third kappa shape index (κ3) is 6.61. The molecule has 7 heteroatoms. The number of hydrogen-bond acceptors (Lipinski definition) is 7. The first-order valence-corrected chi connectivity index (χ1v) is 13.1. The number of rotatable bonds is 2. The Labute approximate surface area is 215 Å². The SMILES string of the molecule is C/C(=C/c1ccc(C)cn1)[C@@H]1C[C@@H]2O[C@]2(C)CCC[C@H](C)[C@H](O)[C@@H](C)C(=O)C(C)(C)[C@@H](O)CC(=O)O1. The lowest BCUT2D eigenvalue weighted by atomic mass is 9.73. The Bertz CT molecular complexity index is 970. The quantitative estimate of drug-likeness (QED) is 0.456. The second-order valence-electron chi connectivity index (χ2n) is 11.7. The van der Waals surface area contributed by atoms with E-state index in [0.29, 0.717) is 6.42 Å². The largest absolute Gasteiger partial charge is 0.458 e. The molecular weight excluding hydrogens is 458 g/mol. The highest BCUT2D eigenvalue weighted by molar-refractivity contribution is 5.88. The molecule has 2 N–H and O–H groups in total. The number of epoxide rings is 1. The molecule has 7 atom stereocenters. The summed E-state index contributed by atoms with van der Waals surface area (Å²) in [5.74, 6) is -1.57. The summed E-state index contributed by atoms with van der Waals surface area (Å²) in [5, 5.41) is 21.7. The van der Waals surface area contributed by atoms with Crippen LogP contribution >= 0.6 is 0 Å². The minimum Gasteiger partial charge on any atom is -0.458 e. The van der Waals surface area contributed by atoms with Crippen LogP contribution in [0.4, 0.5) is 0 Å². The van der Waals surface area contributed by atoms with Crippen molar-refractivity contribution in [3.05, 3.63) is 35.2 Å². The maximum absolute atomic E-state index is 13.2. The monoisotopic (exact) mass is 501 g/mol. The lowest BCUT2D eigenvalue weighted by Crippen LogP contribution is -2.45. The molecule has 1 aromatic heterocycles. The number of pyridine rings is 1. The van der Waals surface area contributed by atoms with Crippen LogP contribution in [0.5, 0.6) is 0 Å². The molecule has 0 radical (unpaired) electrons. The van der Waals surface area contributed by atoms with Gasteiger partial charge < -0.3 is 19.7 Å². The van der Waals surface area contributed by atoms with Gasteiger partial charge >= 0.3 is 5.97 Å². The highest BCUT2D eigenvalue weighted by Crippen LogP contribution is 2.45. The molecular formula is C29H43NO6. The van der Waals surface area contributed by atoms with Gasteiger partial charge in [-0.1, -0.05) is 40.2 Å². The summed E-state index contributed by atoms with van der Waals surface area (Å²) in [7, 11) is 0. The number of esters is 1. The number of ketones is 1. The van der Waals surface area contributed by atoms with Crippen LogP contribution in [0.25, 0.3) is 6.08 Å². The van der Waals surface area contributed by atoms with E-state index < -0.39 is 35.6 Å². The van der Waals surface area contributed by atoms with E-state index >= 15 is 0 Å². The Hall–Kier alpha value is -2.09. The van der Waals surface area contributed by atoms with Crippen molar-refractivity contribution in [1.29, 1.82) is 0 Å². The van der Waals surface area contributed by atoms with Crippen molar-refractivity contribution in [2.75, 3.05) is 0 Å². The predicted molar refractivity (Wildman–Crippen MR) is 138 cm³/mol. The molecule has 0 amide bonds.